The molecule has 10 N–H and O–H groups in total. The molecule has 44 heavy (non-hydrogen) atoms. The van der Waals surface area contributed by atoms with E-state index in [1.165, 1.54) is 26.0 Å². The smallest absolute Gasteiger partial charge is 0.325 e. The lowest BCUT2D eigenvalue weighted by Crippen LogP contribution is -2.56. The van der Waals surface area contributed by atoms with Crippen molar-refractivity contribution in [3.63, 3.8) is 0 Å². The van der Waals surface area contributed by atoms with Gasteiger partial charge in [0.15, 0.2) is 0 Å². The van der Waals surface area contributed by atoms with Crippen molar-refractivity contribution in [3.05, 3.63) is 35.9 Å². The van der Waals surface area contributed by atoms with Crippen LogP contribution in [0.1, 0.15) is 43.5 Å². The standard InChI is InChI=1S/C27H39N5O12/c1-3-16(26(41)31-17(24(28)39)9-10-20(36)29-14(2)27(42)43)30-21(37)13-44-23(22(38)19(35)12-34)18(11-33)32-25(40)15-7-5-4-6-8-15/h4-8,11,14,16-19,22-23,34-35,38H,3,9-10,12-13H2,1-2H3,(H2,28,39)(H,29,36)(H,30,37)(H,31,41)(H,32,40)(H,42,43)/t14?,16?,17?,18-,19+,22+,23+/m0/s1. The lowest BCUT2D eigenvalue weighted by Gasteiger charge is -2.30. The van der Waals surface area contributed by atoms with E-state index in [1.54, 1.807) is 18.2 Å². The van der Waals surface area contributed by atoms with Crippen molar-refractivity contribution in [2.75, 3.05) is 13.2 Å². The van der Waals surface area contributed by atoms with E-state index in [4.69, 9.17) is 15.6 Å². The average molecular weight is 626 g/mol. The van der Waals surface area contributed by atoms with Crippen LogP contribution in [0.4, 0.5) is 0 Å². The zero-order valence-electron chi connectivity index (χ0n) is 24.2. The van der Waals surface area contributed by atoms with Gasteiger partial charge in [-0.1, -0.05) is 25.1 Å². The highest BCUT2D eigenvalue weighted by Gasteiger charge is 2.35. The average Bonchev–Trinajstić information content (AvgIpc) is 3.00. The number of nitrogens with two attached hydrogens (primary N) is 1. The molecule has 17 heteroatoms. The Morgan fingerprint density at radius 2 is 1.59 bits per heavy atom. The lowest BCUT2D eigenvalue weighted by atomic mass is 10.0. The molecule has 1 aromatic rings. The summed E-state index contributed by atoms with van der Waals surface area (Å²) in [5, 5.41) is 47.7. The summed E-state index contributed by atoms with van der Waals surface area (Å²) in [6.45, 7) is 0.946. The number of hydrogen-bond acceptors (Lipinski definition) is 11. The summed E-state index contributed by atoms with van der Waals surface area (Å²) in [7, 11) is 0. The molecule has 0 aliphatic heterocycles. The normalized spacial score (nSPS) is 15.7. The molecule has 5 amide bonds. The predicted molar refractivity (Wildman–Crippen MR) is 150 cm³/mol. The Hall–Kier alpha value is -4.45. The number of primary amides is 1. The molecular formula is C27H39N5O12. The molecule has 1 aromatic carbocycles. The number of hydrogen-bond donors (Lipinski definition) is 9. The van der Waals surface area contributed by atoms with E-state index in [2.05, 4.69) is 21.3 Å². The zero-order valence-corrected chi connectivity index (χ0v) is 24.2. The predicted octanol–water partition coefficient (Wildman–Crippen LogP) is -3.68. The van der Waals surface area contributed by atoms with E-state index < -0.39 is 91.2 Å². The van der Waals surface area contributed by atoms with Crippen molar-refractivity contribution in [1.82, 2.24) is 21.3 Å². The maximum atomic E-state index is 12.8. The number of carboxylic acids is 1. The Morgan fingerprint density at radius 1 is 0.955 bits per heavy atom. The van der Waals surface area contributed by atoms with Gasteiger partial charge in [-0.15, -0.1) is 0 Å². The number of aliphatic carboxylic acids is 1. The van der Waals surface area contributed by atoms with Crippen LogP contribution in [0.25, 0.3) is 0 Å². The monoisotopic (exact) mass is 625 g/mol. The Bertz CT molecular complexity index is 1150. The molecule has 3 unspecified atom stereocenters. The molecule has 244 valence electrons. The van der Waals surface area contributed by atoms with E-state index in [9.17, 15) is 48.9 Å². The Labute approximate surface area is 252 Å². The summed E-state index contributed by atoms with van der Waals surface area (Å²) in [5.74, 6) is -5.47. The van der Waals surface area contributed by atoms with Gasteiger partial charge in [0.1, 0.15) is 55.4 Å². The van der Waals surface area contributed by atoms with Crippen molar-refractivity contribution in [3.8, 4) is 0 Å². The summed E-state index contributed by atoms with van der Waals surface area (Å²) < 4.78 is 5.37. The molecule has 0 heterocycles. The van der Waals surface area contributed by atoms with E-state index in [1.807, 2.05) is 0 Å². The summed E-state index contributed by atoms with van der Waals surface area (Å²) in [6.07, 6.45) is -5.84. The van der Waals surface area contributed by atoms with E-state index in [-0.39, 0.29) is 31.1 Å². The second kappa shape index (κ2) is 19.0. The molecule has 0 aliphatic rings. The van der Waals surface area contributed by atoms with Gasteiger partial charge in [0.05, 0.1) is 6.61 Å². The number of rotatable bonds is 20. The summed E-state index contributed by atoms with van der Waals surface area (Å²) in [5.41, 5.74) is 5.48. The second-order valence-electron chi connectivity index (χ2n) is 9.68. The molecule has 0 spiro atoms. The quantitative estimate of drug-likeness (QED) is 0.0634. The fraction of sp³-hybridized carbons (Fsp3) is 0.519. The van der Waals surface area contributed by atoms with Gasteiger partial charge in [-0.3, -0.25) is 28.8 Å². The fourth-order valence-corrected chi connectivity index (χ4v) is 3.73. The number of carbonyl (C=O) groups is 7. The minimum atomic E-state index is -1.93. The SMILES string of the molecule is CCC(NC(=O)CO[C@@H]([C@H](O)[C@H](O)CO)[C@H](C=O)NC(=O)c1ccccc1)C(=O)NC(CCC(=O)NC(C)C(=O)O)C(N)=O. The first-order chi connectivity index (χ1) is 20.7. The number of aliphatic hydroxyl groups is 3. The van der Waals surface area contributed by atoms with Gasteiger partial charge in [-0.05, 0) is 31.9 Å². The van der Waals surface area contributed by atoms with Crippen LogP contribution in [-0.2, 0) is 33.5 Å². The van der Waals surface area contributed by atoms with Gasteiger partial charge in [0.25, 0.3) is 5.91 Å². The topological polar surface area (TPSA) is 284 Å². The van der Waals surface area contributed by atoms with Crippen molar-refractivity contribution >= 4 is 41.8 Å². The van der Waals surface area contributed by atoms with Crippen LogP contribution in [0.5, 0.6) is 0 Å². The van der Waals surface area contributed by atoms with Gasteiger partial charge in [-0.25, -0.2) is 0 Å². The summed E-state index contributed by atoms with van der Waals surface area (Å²) in [6, 6.07) is 2.36. The van der Waals surface area contributed by atoms with Crippen LogP contribution >= 0.6 is 0 Å². The molecule has 17 nitrogen and oxygen atoms in total. The molecular weight excluding hydrogens is 586 g/mol. The van der Waals surface area contributed by atoms with Gasteiger partial charge < -0.3 is 57.0 Å². The fourth-order valence-electron chi connectivity index (χ4n) is 3.73. The first kappa shape index (κ1) is 37.6. The van der Waals surface area contributed by atoms with Crippen molar-refractivity contribution < 1.29 is 58.7 Å². The van der Waals surface area contributed by atoms with Crippen molar-refractivity contribution in [2.45, 2.75) is 75.6 Å². The van der Waals surface area contributed by atoms with Gasteiger partial charge in [-0.2, -0.15) is 0 Å². The minimum Gasteiger partial charge on any atom is -0.480 e. The second-order valence-corrected chi connectivity index (χ2v) is 9.68. The number of ether oxygens (including phenoxy) is 1. The molecule has 0 aromatic heterocycles. The number of aliphatic hydroxyl groups excluding tert-OH is 3. The summed E-state index contributed by atoms with van der Waals surface area (Å²) in [4.78, 5) is 84.5. The van der Waals surface area contributed by atoms with Crippen LogP contribution in [0.3, 0.4) is 0 Å². The molecule has 0 bridgehead atoms. The highest BCUT2D eigenvalue weighted by atomic mass is 16.5. The van der Waals surface area contributed by atoms with Crippen LogP contribution < -0.4 is 27.0 Å². The van der Waals surface area contributed by atoms with Crippen LogP contribution in [0, 0.1) is 0 Å². The molecule has 7 atom stereocenters. The number of benzene rings is 1. The Kier molecular flexibility index (Phi) is 16.2. The van der Waals surface area contributed by atoms with Crippen LogP contribution in [0.15, 0.2) is 30.3 Å². The largest absolute Gasteiger partial charge is 0.480 e. The number of amides is 5. The first-order valence-electron chi connectivity index (χ1n) is 13.6. The highest BCUT2D eigenvalue weighted by Crippen LogP contribution is 2.11. The lowest BCUT2D eigenvalue weighted by molar-refractivity contribution is -0.144. The van der Waals surface area contributed by atoms with Gasteiger partial charge >= 0.3 is 5.97 Å². The van der Waals surface area contributed by atoms with E-state index >= 15 is 0 Å². The molecule has 1 rings (SSSR count). The van der Waals surface area contributed by atoms with Crippen LogP contribution in [0.2, 0.25) is 0 Å². The first-order valence-corrected chi connectivity index (χ1v) is 13.6. The molecule has 0 radical (unpaired) electrons. The Balaban J connectivity index is 2.87. The van der Waals surface area contributed by atoms with Gasteiger partial charge in [0.2, 0.25) is 23.6 Å². The number of aldehydes is 1. The maximum absolute atomic E-state index is 12.8. The summed E-state index contributed by atoms with van der Waals surface area (Å²) >= 11 is 0. The van der Waals surface area contributed by atoms with E-state index in [0.717, 1.165) is 0 Å². The third kappa shape index (κ3) is 12.4. The third-order valence-electron chi connectivity index (χ3n) is 6.29. The molecule has 0 fully saturated rings. The Morgan fingerprint density at radius 3 is 2.11 bits per heavy atom. The minimum absolute atomic E-state index is 0.0129. The molecule has 0 aliphatic carbocycles. The van der Waals surface area contributed by atoms with Crippen molar-refractivity contribution in [1.29, 1.82) is 0 Å². The van der Waals surface area contributed by atoms with Gasteiger partial charge in [0, 0.05) is 12.0 Å². The zero-order chi connectivity index (χ0) is 33.4. The highest BCUT2D eigenvalue weighted by molar-refractivity contribution is 5.96. The van der Waals surface area contributed by atoms with Crippen molar-refractivity contribution in [2.24, 2.45) is 5.73 Å². The maximum Gasteiger partial charge on any atom is 0.325 e. The number of nitrogens with one attached hydrogen (secondary N) is 4. The van der Waals surface area contributed by atoms with Crippen LogP contribution in [-0.4, -0.2) is 118 Å². The number of carbonyl (C=O) groups excluding carboxylic acids is 6. The third-order valence-corrected chi connectivity index (χ3v) is 6.29. The molecule has 0 saturated heterocycles. The molecule has 0 saturated carbocycles. The van der Waals surface area contributed by atoms with E-state index in [0.29, 0.717) is 0 Å². The number of carboxylic acid groups (broad SMARTS) is 1.